The Morgan fingerprint density at radius 2 is 2.14 bits per heavy atom. The lowest BCUT2D eigenvalue weighted by Crippen LogP contribution is -2.32. The van der Waals surface area contributed by atoms with Gasteiger partial charge in [-0.15, -0.1) is 11.3 Å². The predicted octanol–water partition coefficient (Wildman–Crippen LogP) is 3.20. The van der Waals surface area contributed by atoms with Crippen molar-refractivity contribution in [3.63, 3.8) is 0 Å². The maximum atomic E-state index is 12.6. The molecule has 22 heavy (non-hydrogen) atoms. The van der Waals surface area contributed by atoms with Gasteiger partial charge in [0.25, 0.3) is 0 Å². The van der Waals surface area contributed by atoms with E-state index in [0.717, 1.165) is 16.3 Å². The Bertz CT molecular complexity index is 754. The van der Waals surface area contributed by atoms with Crippen LogP contribution in [-0.2, 0) is 10.0 Å². The molecule has 0 saturated heterocycles. The Balaban J connectivity index is 2.49. The van der Waals surface area contributed by atoms with Crippen molar-refractivity contribution in [3.05, 3.63) is 28.6 Å². The van der Waals surface area contributed by atoms with Gasteiger partial charge in [0.1, 0.15) is 10.6 Å². The van der Waals surface area contributed by atoms with Crippen LogP contribution in [0.4, 0.5) is 0 Å². The molecule has 1 aromatic carbocycles. The number of nitrogens with one attached hydrogen (secondary N) is 1. The second kappa shape index (κ2) is 6.76. The minimum Gasteiger partial charge on any atom is -0.495 e. The average Bonchev–Trinajstić information content (AvgIpc) is 2.92. The molecule has 0 aliphatic heterocycles. The smallest absolute Gasteiger partial charge is 0.244 e. The molecule has 120 valence electrons. The first-order valence-corrected chi connectivity index (χ1v) is 9.36. The lowest BCUT2D eigenvalue weighted by atomic mass is 10.2. The normalized spacial score (nSPS) is 13.1. The minimum atomic E-state index is -3.64. The van der Waals surface area contributed by atoms with E-state index in [1.807, 2.05) is 32.2 Å². The summed E-state index contributed by atoms with van der Waals surface area (Å²) >= 11 is 1.53. The number of aromatic nitrogens is 1. The first-order chi connectivity index (χ1) is 10.4. The number of nitrogens with zero attached hydrogens (tertiary/aromatic N) is 1. The number of hydrogen-bond acceptors (Lipinski definition) is 5. The van der Waals surface area contributed by atoms with E-state index in [1.165, 1.54) is 18.4 Å². The topological polar surface area (TPSA) is 68.3 Å². The maximum absolute atomic E-state index is 12.6. The summed E-state index contributed by atoms with van der Waals surface area (Å²) in [5.74, 6) is 0.325. The van der Waals surface area contributed by atoms with Crippen molar-refractivity contribution >= 4 is 21.4 Å². The molecule has 0 saturated carbocycles. The Morgan fingerprint density at radius 1 is 1.41 bits per heavy atom. The fourth-order valence-corrected chi connectivity index (χ4v) is 4.10. The Labute approximate surface area is 135 Å². The molecule has 1 aromatic heterocycles. The van der Waals surface area contributed by atoms with Crippen molar-refractivity contribution in [2.24, 2.45) is 0 Å². The molecule has 0 aliphatic carbocycles. The van der Waals surface area contributed by atoms with Crippen LogP contribution in [0.25, 0.3) is 11.3 Å². The number of rotatable bonds is 6. The lowest BCUT2D eigenvalue weighted by Gasteiger charge is -2.15. The Morgan fingerprint density at radius 3 is 2.68 bits per heavy atom. The highest BCUT2D eigenvalue weighted by atomic mass is 32.2. The van der Waals surface area contributed by atoms with E-state index in [2.05, 4.69) is 9.71 Å². The van der Waals surface area contributed by atoms with Gasteiger partial charge in [-0.2, -0.15) is 0 Å². The van der Waals surface area contributed by atoms with Crippen LogP contribution in [0.5, 0.6) is 5.75 Å². The first-order valence-electron chi connectivity index (χ1n) is 7.00. The van der Waals surface area contributed by atoms with Crippen molar-refractivity contribution in [1.29, 1.82) is 0 Å². The van der Waals surface area contributed by atoms with Crippen LogP contribution in [0.15, 0.2) is 28.5 Å². The number of aryl methyl sites for hydroxylation is 1. The maximum Gasteiger partial charge on any atom is 0.244 e. The molecule has 5 nitrogen and oxygen atoms in total. The van der Waals surface area contributed by atoms with E-state index in [-0.39, 0.29) is 10.9 Å². The van der Waals surface area contributed by atoms with Gasteiger partial charge in [-0.1, -0.05) is 6.92 Å². The molecule has 1 N–H and O–H groups in total. The molecular weight excluding hydrogens is 320 g/mol. The van der Waals surface area contributed by atoms with Gasteiger partial charge in [-0.05, 0) is 38.5 Å². The van der Waals surface area contributed by atoms with Crippen molar-refractivity contribution in [1.82, 2.24) is 9.71 Å². The molecule has 0 aliphatic rings. The molecule has 0 spiro atoms. The summed E-state index contributed by atoms with van der Waals surface area (Å²) in [5, 5.41) is 2.85. The van der Waals surface area contributed by atoms with Crippen LogP contribution in [0, 0.1) is 6.92 Å². The fraction of sp³-hybridized carbons (Fsp3) is 0.400. The highest BCUT2D eigenvalue weighted by Gasteiger charge is 2.22. The largest absolute Gasteiger partial charge is 0.495 e. The summed E-state index contributed by atoms with van der Waals surface area (Å²) < 4.78 is 33.0. The molecule has 1 atom stereocenters. The van der Waals surface area contributed by atoms with Gasteiger partial charge >= 0.3 is 0 Å². The molecule has 0 unspecified atom stereocenters. The van der Waals surface area contributed by atoms with E-state index in [0.29, 0.717) is 12.2 Å². The van der Waals surface area contributed by atoms with Crippen LogP contribution in [0.2, 0.25) is 0 Å². The monoisotopic (exact) mass is 340 g/mol. The molecule has 2 aromatic rings. The number of sulfonamides is 1. The Hall–Kier alpha value is -1.44. The predicted molar refractivity (Wildman–Crippen MR) is 88.9 cm³/mol. The number of hydrogen-bond donors (Lipinski definition) is 1. The van der Waals surface area contributed by atoms with E-state index in [9.17, 15) is 8.42 Å². The van der Waals surface area contributed by atoms with Crippen molar-refractivity contribution < 1.29 is 13.2 Å². The highest BCUT2D eigenvalue weighted by Crippen LogP contribution is 2.30. The summed E-state index contributed by atoms with van der Waals surface area (Å²) in [6, 6.07) is 4.95. The Kier molecular flexibility index (Phi) is 5.20. The first kappa shape index (κ1) is 16.9. The number of thiazole rings is 1. The van der Waals surface area contributed by atoms with Gasteiger partial charge in [0.2, 0.25) is 10.0 Å². The molecule has 0 radical (unpaired) electrons. The van der Waals surface area contributed by atoms with Gasteiger partial charge in [0.05, 0.1) is 17.8 Å². The molecule has 0 bridgehead atoms. The number of methoxy groups -OCH3 is 1. The van der Waals surface area contributed by atoms with Gasteiger partial charge in [0, 0.05) is 17.0 Å². The molecule has 0 fully saturated rings. The molecule has 7 heteroatoms. The lowest BCUT2D eigenvalue weighted by molar-refractivity contribution is 0.402. The van der Waals surface area contributed by atoms with E-state index in [4.69, 9.17) is 4.74 Å². The summed E-state index contributed by atoms with van der Waals surface area (Å²) in [4.78, 5) is 4.54. The van der Waals surface area contributed by atoms with E-state index < -0.39 is 10.0 Å². The number of benzene rings is 1. The van der Waals surface area contributed by atoms with Crippen LogP contribution >= 0.6 is 11.3 Å². The van der Waals surface area contributed by atoms with Crippen LogP contribution in [0.1, 0.15) is 25.3 Å². The van der Waals surface area contributed by atoms with Crippen molar-refractivity contribution in [2.75, 3.05) is 7.11 Å². The van der Waals surface area contributed by atoms with Crippen LogP contribution < -0.4 is 9.46 Å². The summed E-state index contributed by atoms with van der Waals surface area (Å²) in [5.41, 5.74) is 1.53. The van der Waals surface area contributed by atoms with Crippen molar-refractivity contribution in [2.45, 2.75) is 38.1 Å². The molecular formula is C15H20N2O3S2. The fourth-order valence-electron chi connectivity index (χ4n) is 1.95. The van der Waals surface area contributed by atoms with Crippen LogP contribution in [0.3, 0.4) is 0 Å². The summed E-state index contributed by atoms with van der Waals surface area (Å²) in [6.45, 7) is 5.68. The van der Waals surface area contributed by atoms with E-state index >= 15 is 0 Å². The number of ether oxygens (including phenoxy) is 1. The second-order valence-electron chi connectivity index (χ2n) is 5.05. The highest BCUT2D eigenvalue weighted by molar-refractivity contribution is 7.89. The van der Waals surface area contributed by atoms with Gasteiger partial charge in [0.15, 0.2) is 0 Å². The third kappa shape index (κ3) is 3.66. The van der Waals surface area contributed by atoms with Gasteiger partial charge in [-0.25, -0.2) is 18.1 Å². The molecule has 1 heterocycles. The quantitative estimate of drug-likeness (QED) is 0.877. The molecule has 2 rings (SSSR count). The summed E-state index contributed by atoms with van der Waals surface area (Å²) in [6.07, 6.45) is 0.715. The zero-order valence-corrected chi connectivity index (χ0v) is 14.7. The molecule has 0 amide bonds. The van der Waals surface area contributed by atoms with Gasteiger partial charge in [-0.3, -0.25) is 0 Å². The second-order valence-corrected chi connectivity index (χ2v) is 7.79. The zero-order valence-electron chi connectivity index (χ0n) is 13.1. The standard InChI is InChI=1S/C15H20N2O3S2/c1-5-10(2)17-22(18,19)15-8-12(6-7-14(15)20-4)13-9-21-11(3)16-13/h6-10,17H,5H2,1-4H3/t10-/m1/s1. The SMILES string of the molecule is CC[C@@H](C)NS(=O)(=O)c1cc(-c2csc(C)n2)ccc1OC. The van der Waals surface area contributed by atoms with Crippen molar-refractivity contribution in [3.8, 4) is 17.0 Å². The van der Waals surface area contributed by atoms with Crippen LogP contribution in [-0.4, -0.2) is 26.6 Å². The van der Waals surface area contributed by atoms with Gasteiger partial charge < -0.3 is 4.74 Å². The third-order valence-electron chi connectivity index (χ3n) is 3.34. The summed E-state index contributed by atoms with van der Waals surface area (Å²) in [7, 11) is -2.17. The van der Waals surface area contributed by atoms with E-state index in [1.54, 1.807) is 12.1 Å². The minimum absolute atomic E-state index is 0.137. The average molecular weight is 340 g/mol. The third-order valence-corrected chi connectivity index (χ3v) is 5.72. The zero-order chi connectivity index (χ0) is 16.3.